The maximum atomic E-state index is 12.6. The summed E-state index contributed by atoms with van der Waals surface area (Å²) >= 11 is 0. The van der Waals surface area contributed by atoms with Crippen LogP contribution in [0.5, 0.6) is 0 Å². The van der Waals surface area contributed by atoms with Gasteiger partial charge in [0.25, 0.3) is 0 Å². The highest BCUT2D eigenvalue weighted by Crippen LogP contribution is 2.32. The summed E-state index contributed by atoms with van der Waals surface area (Å²) in [6.07, 6.45) is 6.33. The lowest BCUT2D eigenvalue weighted by Gasteiger charge is -2.40. The largest absolute Gasteiger partial charge is 0.359 e. The minimum absolute atomic E-state index is 0.0202. The van der Waals surface area contributed by atoms with Crippen molar-refractivity contribution in [3.63, 3.8) is 0 Å². The Kier molecular flexibility index (Phi) is 6.00. The highest BCUT2D eigenvalue weighted by Gasteiger charge is 2.39. The van der Waals surface area contributed by atoms with Gasteiger partial charge in [0.15, 0.2) is 0 Å². The van der Waals surface area contributed by atoms with Crippen molar-refractivity contribution in [1.29, 1.82) is 5.26 Å². The number of piperidine rings is 1. The summed E-state index contributed by atoms with van der Waals surface area (Å²) in [5, 5.41) is 12.3. The molecule has 1 aliphatic carbocycles. The van der Waals surface area contributed by atoms with E-state index in [0.29, 0.717) is 6.54 Å². The van der Waals surface area contributed by atoms with Crippen molar-refractivity contribution in [3.8, 4) is 6.07 Å². The lowest BCUT2D eigenvalue weighted by Crippen LogP contribution is -2.53. The zero-order valence-electron chi connectivity index (χ0n) is 14.3. The van der Waals surface area contributed by atoms with Crippen molar-refractivity contribution in [2.24, 2.45) is 5.92 Å². The SMILES string of the molecule is CNC(=O)C1CCN(CC(=O)N(C)C2(C#N)CCCCC2)CC1. The van der Waals surface area contributed by atoms with Crippen LogP contribution in [0.2, 0.25) is 0 Å². The Hall–Kier alpha value is -1.61. The van der Waals surface area contributed by atoms with Crippen LogP contribution in [0.1, 0.15) is 44.9 Å². The van der Waals surface area contributed by atoms with E-state index in [-0.39, 0.29) is 17.7 Å². The van der Waals surface area contributed by atoms with Crippen LogP contribution in [0, 0.1) is 17.2 Å². The number of carbonyl (C=O) groups excluding carboxylic acids is 2. The molecule has 128 valence electrons. The molecule has 6 nitrogen and oxygen atoms in total. The van der Waals surface area contributed by atoms with Crippen LogP contribution in [-0.4, -0.2) is 60.9 Å². The summed E-state index contributed by atoms with van der Waals surface area (Å²) < 4.78 is 0. The van der Waals surface area contributed by atoms with Gasteiger partial charge in [0.05, 0.1) is 12.6 Å². The zero-order chi connectivity index (χ0) is 16.9. The molecule has 0 atom stereocenters. The van der Waals surface area contributed by atoms with Crippen LogP contribution in [0.4, 0.5) is 0 Å². The molecule has 0 radical (unpaired) electrons. The van der Waals surface area contributed by atoms with Gasteiger partial charge in [0, 0.05) is 20.0 Å². The molecule has 0 aromatic carbocycles. The lowest BCUT2D eigenvalue weighted by molar-refractivity contribution is -0.136. The third-order valence-corrected chi connectivity index (χ3v) is 5.47. The molecular formula is C17H28N4O2. The first-order chi connectivity index (χ1) is 11.0. The van der Waals surface area contributed by atoms with E-state index in [9.17, 15) is 14.9 Å². The number of likely N-dealkylation sites (N-methyl/N-ethyl adjacent to an activating group) is 1. The van der Waals surface area contributed by atoms with E-state index in [1.54, 1.807) is 19.0 Å². The highest BCUT2D eigenvalue weighted by molar-refractivity contribution is 5.80. The van der Waals surface area contributed by atoms with Crippen molar-refractivity contribution in [2.75, 3.05) is 33.7 Å². The van der Waals surface area contributed by atoms with E-state index in [4.69, 9.17) is 0 Å². The number of hydrogen-bond donors (Lipinski definition) is 1. The summed E-state index contributed by atoms with van der Waals surface area (Å²) in [7, 11) is 3.44. The monoisotopic (exact) mass is 320 g/mol. The average molecular weight is 320 g/mol. The fraction of sp³-hybridized carbons (Fsp3) is 0.824. The first-order valence-corrected chi connectivity index (χ1v) is 8.64. The lowest BCUT2D eigenvalue weighted by atomic mass is 9.81. The normalized spacial score (nSPS) is 22.1. The molecule has 2 fully saturated rings. The van der Waals surface area contributed by atoms with Crippen molar-refractivity contribution in [2.45, 2.75) is 50.5 Å². The van der Waals surface area contributed by atoms with Gasteiger partial charge in [-0.2, -0.15) is 5.26 Å². The minimum Gasteiger partial charge on any atom is -0.359 e. The predicted molar refractivity (Wildman–Crippen MR) is 87.4 cm³/mol. The van der Waals surface area contributed by atoms with Crippen LogP contribution in [0.15, 0.2) is 0 Å². The molecule has 0 unspecified atom stereocenters. The molecule has 0 bridgehead atoms. The van der Waals surface area contributed by atoms with E-state index in [2.05, 4.69) is 16.3 Å². The molecule has 23 heavy (non-hydrogen) atoms. The summed E-state index contributed by atoms with van der Waals surface area (Å²) in [5.41, 5.74) is -0.615. The molecule has 2 aliphatic rings. The second-order valence-corrected chi connectivity index (χ2v) is 6.82. The van der Waals surface area contributed by atoms with E-state index < -0.39 is 5.54 Å². The van der Waals surface area contributed by atoms with Gasteiger partial charge < -0.3 is 10.2 Å². The number of carbonyl (C=O) groups is 2. The fourth-order valence-corrected chi connectivity index (χ4v) is 3.75. The first kappa shape index (κ1) is 17.7. The molecule has 1 N–H and O–H groups in total. The van der Waals surface area contributed by atoms with Gasteiger partial charge in [-0.25, -0.2) is 0 Å². The third kappa shape index (κ3) is 4.03. The second kappa shape index (κ2) is 7.78. The quantitative estimate of drug-likeness (QED) is 0.842. The van der Waals surface area contributed by atoms with Gasteiger partial charge in [-0.3, -0.25) is 14.5 Å². The second-order valence-electron chi connectivity index (χ2n) is 6.82. The van der Waals surface area contributed by atoms with Gasteiger partial charge in [-0.1, -0.05) is 19.3 Å². The van der Waals surface area contributed by atoms with Crippen LogP contribution in [-0.2, 0) is 9.59 Å². The van der Waals surface area contributed by atoms with Crippen LogP contribution >= 0.6 is 0 Å². The van der Waals surface area contributed by atoms with E-state index in [0.717, 1.165) is 58.0 Å². The van der Waals surface area contributed by atoms with Gasteiger partial charge in [0.1, 0.15) is 5.54 Å². The molecule has 2 amide bonds. The number of nitrogens with one attached hydrogen (secondary N) is 1. The van der Waals surface area contributed by atoms with Crippen molar-refractivity contribution < 1.29 is 9.59 Å². The highest BCUT2D eigenvalue weighted by atomic mass is 16.2. The number of nitriles is 1. The van der Waals surface area contributed by atoms with Crippen LogP contribution in [0.25, 0.3) is 0 Å². The van der Waals surface area contributed by atoms with Gasteiger partial charge in [-0.15, -0.1) is 0 Å². The molecule has 1 saturated carbocycles. The first-order valence-electron chi connectivity index (χ1n) is 8.64. The molecule has 1 heterocycles. The predicted octanol–water partition coefficient (Wildman–Crippen LogP) is 1.13. The molecule has 1 aliphatic heterocycles. The number of amides is 2. The van der Waals surface area contributed by atoms with Gasteiger partial charge in [-0.05, 0) is 38.8 Å². The summed E-state index contributed by atoms with van der Waals surface area (Å²) in [4.78, 5) is 28.0. The zero-order valence-corrected chi connectivity index (χ0v) is 14.3. The summed E-state index contributed by atoms with van der Waals surface area (Å²) in [5.74, 6) is 0.179. The van der Waals surface area contributed by atoms with Crippen molar-refractivity contribution >= 4 is 11.8 Å². The van der Waals surface area contributed by atoms with Gasteiger partial charge in [0.2, 0.25) is 11.8 Å². The van der Waals surface area contributed by atoms with Crippen LogP contribution in [0.3, 0.4) is 0 Å². The summed E-state index contributed by atoms with van der Waals surface area (Å²) in [6, 6.07) is 2.40. The topological polar surface area (TPSA) is 76.4 Å². The standard InChI is InChI=1S/C17H28N4O2/c1-19-16(23)14-6-10-21(11-7-14)12-15(22)20(2)17(13-18)8-4-3-5-9-17/h14H,3-12H2,1-2H3,(H,19,23). The Labute approximate surface area is 138 Å². The maximum absolute atomic E-state index is 12.6. The Morgan fingerprint density at radius 2 is 1.87 bits per heavy atom. The molecular weight excluding hydrogens is 292 g/mol. The van der Waals surface area contributed by atoms with Crippen molar-refractivity contribution in [1.82, 2.24) is 15.1 Å². The molecule has 6 heteroatoms. The molecule has 1 saturated heterocycles. The number of likely N-dealkylation sites (tertiary alicyclic amines) is 1. The maximum Gasteiger partial charge on any atom is 0.237 e. The number of hydrogen-bond acceptors (Lipinski definition) is 4. The molecule has 0 spiro atoms. The molecule has 2 rings (SSSR count). The number of rotatable bonds is 4. The van der Waals surface area contributed by atoms with E-state index in [1.807, 2.05) is 0 Å². The Balaban J connectivity index is 1.87. The fourth-order valence-electron chi connectivity index (χ4n) is 3.75. The summed E-state index contributed by atoms with van der Waals surface area (Å²) in [6.45, 7) is 1.87. The third-order valence-electron chi connectivity index (χ3n) is 5.47. The smallest absolute Gasteiger partial charge is 0.237 e. The Bertz CT molecular complexity index is 471. The Morgan fingerprint density at radius 3 is 2.39 bits per heavy atom. The Morgan fingerprint density at radius 1 is 1.26 bits per heavy atom. The molecule has 0 aromatic heterocycles. The number of nitrogens with zero attached hydrogens (tertiary/aromatic N) is 3. The average Bonchev–Trinajstić information content (AvgIpc) is 2.61. The minimum atomic E-state index is -0.615. The van der Waals surface area contributed by atoms with Crippen LogP contribution < -0.4 is 5.32 Å². The van der Waals surface area contributed by atoms with Gasteiger partial charge >= 0.3 is 0 Å². The van der Waals surface area contributed by atoms with Crippen molar-refractivity contribution in [3.05, 3.63) is 0 Å². The van der Waals surface area contributed by atoms with E-state index >= 15 is 0 Å². The van der Waals surface area contributed by atoms with E-state index in [1.165, 1.54) is 0 Å². The molecule has 0 aromatic rings.